The molecule has 1 atom stereocenters. The second-order valence-electron chi connectivity index (χ2n) is 9.33. The Morgan fingerprint density at radius 3 is 2.60 bits per heavy atom. The summed E-state index contributed by atoms with van der Waals surface area (Å²) < 4.78 is 7.61. The molecule has 1 aliphatic heterocycles. The van der Waals surface area contributed by atoms with Crippen LogP contribution in [-0.4, -0.2) is 40.6 Å². The molecule has 6 nitrogen and oxygen atoms in total. The third kappa shape index (κ3) is 5.23. The molecule has 0 bridgehead atoms. The maximum Gasteiger partial charge on any atom is 0.228 e. The number of benzene rings is 3. The van der Waals surface area contributed by atoms with Gasteiger partial charge in [-0.25, -0.2) is 4.98 Å². The molecule has 180 valence electrons. The van der Waals surface area contributed by atoms with Crippen molar-refractivity contribution in [3.63, 3.8) is 0 Å². The molecule has 1 N–H and O–H groups in total. The summed E-state index contributed by atoms with van der Waals surface area (Å²) in [5.74, 6) is 1.97. The minimum Gasteiger partial charge on any atom is -0.497 e. The van der Waals surface area contributed by atoms with E-state index >= 15 is 0 Å². The largest absolute Gasteiger partial charge is 0.497 e. The second kappa shape index (κ2) is 10.3. The Hall–Kier alpha value is -3.64. The predicted molar refractivity (Wildman–Crippen MR) is 140 cm³/mol. The Morgan fingerprint density at radius 1 is 1.03 bits per heavy atom. The van der Waals surface area contributed by atoms with E-state index in [1.165, 1.54) is 5.56 Å². The number of methoxy groups -OCH3 is 1. The molecule has 1 aliphatic rings. The van der Waals surface area contributed by atoms with Crippen molar-refractivity contribution in [2.45, 2.75) is 32.9 Å². The zero-order chi connectivity index (χ0) is 24.2. The molecule has 1 amide bonds. The molecule has 1 saturated heterocycles. The number of imidazole rings is 1. The summed E-state index contributed by atoms with van der Waals surface area (Å²) in [5.41, 5.74) is 5.31. The van der Waals surface area contributed by atoms with E-state index in [4.69, 9.17) is 9.72 Å². The number of aryl methyl sites for hydroxylation is 1. The lowest BCUT2D eigenvalue weighted by Gasteiger charge is -2.32. The third-order valence-electron chi connectivity index (χ3n) is 6.88. The predicted octanol–water partition coefficient (Wildman–Crippen LogP) is 5.25. The van der Waals surface area contributed by atoms with Gasteiger partial charge >= 0.3 is 0 Å². The molecule has 0 spiro atoms. The molecule has 35 heavy (non-hydrogen) atoms. The van der Waals surface area contributed by atoms with E-state index in [0.29, 0.717) is 0 Å². The number of hydrogen-bond donors (Lipinski definition) is 1. The van der Waals surface area contributed by atoms with Gasteiger partial charge in [-0.05, 0) is 67.8 Å². The lowest BCUT2D eigenvalue weighted by Crippen LogP contribution is -2.40. The van der Waals surface area contributed by atoms with E-state index in [-0.39, 0.29) is 11.8 Å². The topological polar surface area (TPSA) is 59.4 Å². The van der Waals surface area contributed by atoms with Crippen LogP contribution in [0.2, 0.25) is 0 Å². The molecule has 0 unspecified atom stereocenters. The number of likely N-dealkylation sites (tertiary alicyclic amines) is 1. The van der Waals surface area contributed by atoms with Crippen molar-refractivity contribution in [3.8, 4) is 5.75 Å². The van der Waals surface area contributed by atoms with Crippen LogP contribution in [0, 0.1) is 12.8 Å². The summed E-state index contributed by atoms with van der Waals surface area (Å²) in [6.45, 7) is 5.20. The zero-order valence-corrected chi connectivity index (χ0v) is 20.4. The molecule has 2 heterocycles. The summed E-state index contributed by atoms with van der Waals surface area (Å²) in [6, 6.07) is 24.4. The third-order valence-corrected chi connectivity index (χ3v) is 6.88. The number of anilines is 1. The number of carbonyl (C=O) groups excluding carboxylic acids is 1. The molecule has 3 aromatic carbocycles. The Balaban J connectivity index is 1.33. The summed E-state index contributed by atoms with van der Waals surface area (Å²) in [5, 5.41) is 3.14. The maximum atomic E-state index is 13.1. The zero-order valence-electron chi connectivity index (χ0n) is 20.4. The van der Waals surface area contributed by atoms with Crippen molar-refractivity contribution < 1.29 is 9.53 Å². The van der Waals surface area contributed by atoms with Crippen molar-refractivity contribution in [3.05, 3.63) is 89.7 Å². The highest BCUT2D eigenvalue weighted by Crippen LogP contribution is 2.24. The van der Waals surface area contributed by atoms with Gasteiger partial charge in [0.15, 0.2) is 0 Å². The van der Waals surface area contributed by atoms with Crippen LogP contribution in [0.3, 0.4) is 0 Å². The van der Waals surface area contributed by atoms with Crippen LogP contribution in [0.1, 0.15) is 29.8 Å². The number of carbonyl (C=O) groups is 1. The summed E-state index contributed by atoms with van der Waals surface area (Å²) in [6.07, 6.45) is 1.92. The number of aromatic nitrogens is 2. The molecule has 1 aromatic heterocycles. The molecular weight excluding hydrogens is 436 g/mol. The minimum atomic E-state index is -0.0252. The average Bonchev–Trinajstić information content (AvgIpc) is 3.22. The Labute approximate surface area is 206 Å². The fraction of sp³-hybridized carbons (Fsp3) is 0.310. The van der Waals surface area contributed by atoms with Gasteiger partial charge in [-0.3, -0.25) is 9.69 Å². The number of ether oxygens (including phenoxy) is 1. The lowest BCUT2D eigenvalue weighted by atomic mass is 9.97. The van der Waals surface area contributed by atoms with Gasteiger partial charge in [-0.2, -0.15) is 0 Å². The first-order valence-corrected chi connectivity index (χ1v) is 12.3. The normalized spacial score (nSPS) is 16.3. The van der Waals surface area contributed by atoms with Crippen molar-refractivity contribution in [2.75, 3.05) is 25.5 Å². The van der Waals surface area contributed by atoms with Gasteiger partial charge in [0.1, 0.15) is 11.6 Å². The molecule has 4 aromatic rings. The van der Waals surface area contributed by atoms with Gasteiger partial charge in [0, 0.05) is 18.8 Å². The number of nitrogens with one attached hydrogen (secondary N) is 1. The fourth-order valence-electron chi connectivity index (χ4n) is 4.90. The van der Waals surface area contributed by atoms with Gasteiger partial charge in [-0.1, -0.05) is 42.5 Å². The first-order valence-electron chi connectivity index (χ1n) is 12.3. The van der Waals surface area contributed by atoms with E-state index < -0.39 is 0 Å². The van der Waals surface area contributed by atoms with Crippen LogP contribution < -0.4 is 10.1 Å². The number of rotatable bonds is 7. The van der Waals surface area contributed by atoms with E-state index in [1.54, 1.807) is 7.11 Å². The van der Waals surface area contributed by atoms with Crippen molar-refractivity contribution in [2.24, 2.45) is 5.92 Å². The number of amides is 1. The number of hydrogen-bond acceptors (Lipinski definition) is 4. The number of piperidine rings is 1. The van der Waals surface area contributed by atoms with E-state index in [0.717, 1.165) is 72.9 Å². The molecule has 6 heteroatoms. The Kier molecular flexibility index (Phi) is 6.82. The lowest BCUT2D eigenvalue weighted by molar-refractivity contribution is -0.121. The molecule has 0 aliphatic carbocycles. The Bertz CT molecular complexity index is 1310. The second-order valence-corrected chi connectivity index (χ2v) is 9.33. The number of para-hydroxylation sites is 3. The van der Waals surface area contributed by atoms with Gasteiger partial charge < -0.3 is 14.6 Å². The first kappa shape index (κ1) is 23.1. The van der Waals surface area contributed by atoms with Gasteiger partial charge in [0.25, 0.3) is 0 Å². The van der Waals surface area contributed by atoms with Crippen molar-refractivity contribution in [1.82, 2.24) is 14.5 Å². The molecule has 0 saturated carbocycles. The minimum absolute atomic E-state index is 0.0252. The molecule has 5 rings (SSSR count). The van der Waals surface area contributed by atoms with E-state index in [2.05, 4.69) is 45.1 Å². The quantitative estimate of drug-likeness (QED) is 0.402. The van der Waals surface area contributed by atoms with Gasteiger partial charge in [-0.15, -0.1) is 0 Å². The average molecular weight is 469 g/mol. The highest BCUT2D eigenvalue weighted by molar-refractivity contribution is 5.93. The molecular formula is C29H32N4O2. The van der Waals surface area contributed by atoms with Crippen LogP contribution in [0.4, 0.5) is 5.69 Å². The smallest absolute Gasteiger partial charge is 0.228 e. The van der Waals surface area contributed by atoms with Crippen LogP contribution in [0.25, 0.3) is 11.0 Å². The number of nitrogens with zero attached hydrogens (tertiary/aromatic N) is 3. The molecule has 1 fully saturated rings. The van der Waals surface area contributed by atoms with Crippen LogP contribution in [-0.2, 0) is 17.9 Å². The van der Waals surface area contributed by atoms with Gasteiger partial charge in [0.05, 0.1) is 30.6 Å². The van der Waals surface area contributed by atoms with Crippen LogP contribution in [0.15, 0.2) is 72.8 Å². The summed E-state index contributed by atoms with van der Waals surface area (Å²) in [7, 11) is 1.68. The van der Waals surface area contributed by atoms with Crippen molar-refractivity contribution >= 4 is 22.6 Å². The first-order chi connectivity index (χ1) is 17.1. The van der Waals surface area contributed by atoms with Crippen LogP contribution in [0.5, 0.6) is 5.75 Å². The Morgan fingerprint density at radius 2 is 1.80 bits per heavy atom. The van der Waals surface area contributed by atoms with Crippen LogP contribution >= 0.6 is 0 Å². The highest BCUT2D eigenvalue weighted by atomic mass is 16.5. The van der Waals surface area contributed by atoms with Crippen molar-refractivity contribution in [1.29, 1.82) is 0 Å². The fourth-order valence-corrected chi connectivity index (χ4v) is 4.90. The summed E-state index contributed by atoms with van der Waals surface area (Å²) in [4.78, 5) is 20.4. The molecule has 0 radical (unpaired) electrons. The monoisotopic (exact) mass is 468 g/mol. The van der Waals surface area contributed by atoms with E-state index in [9.17, 15) is 4.79 Å². The number of fused-ring (bicyclic) bond motifs is 1. The highest BCUT2D eigenvalue weighted by Gasteiger charge is 2.27. The summed E-state index contributed by atoms with van der Waals surface area (Å²) >= 11 is 0. The van der Waals surface area contributed by atoms with Gasteiger partial charge in [0.2, 0.25) is 5.91 Å². The SMILES string of the molecule is COc1ccc(Cn2c(CN3CCC[C@@H](C(=O)Nc4ccccc4C)C3)nc3ccccc32)cc1. The maximum absolute atomic E-state index is 13.1. The van der Waals surface area contributed by atoms with E-state index in [1.807, 2.05) is 49.4 Å². The standard InChI is InChI=1S/C29H32N4O2/c1-21-8-3-4-10-25(21)31-29(34)23-9-7-17-32(19-23)20-28-30-26-11-5-6-12-27(26)33(28)18-22-13-15-24(35-2)16-14-22/h3-6,8,10-16,23H,7,9,17-20H2,1-2H3,(H,31,34)/t23-/m1/s1.